The van der Waals surface area contributed by atoms with Gasteiger partial charge in [-0.3, -0.25) is 0 Å². The highest BCUT2D eigenvalue weighted by Gasteiger charge is 2.00. The van der Waals surface area contributed by atoms with Crippen molar-refractivity contribution in [3.63, 3.8) is 0 Å². The Kier molecular flexibility index (Phi) is 2.98. The van der Waals surface area contributed by atoms with Crippen LogP contribution in [0.2, 0.25) is 0 Å². The Morgan fingerprint density at radius 2 is 2.00 bits per heavy atom. The zero-order chi connectivity index (χ0) is 9.14. The van der Waals surface area contributed by atoms with E-state index in [0.29, 0.717) is 5.75 Å². The Labute approximate surface area is 80.9 Å². The van der Waals surface area contributed by atoms with Crippen LogP contribution in [0, 0.1) is 0 Å². The molecule has 0 aliphatic carbocycles. The maximum atomic E-state index is 9.33. The van der Waals surface area contributed by atoms with Gasteiger partial charge in [0, 0.05) is 31.2 Å². The molecule has 1 aromatic rings. The van der Waals surface area contributed by atoms with Crippen LogP contribution in [0.1, 0.15) is 5.56 Å². The Morgan fingerprint density at radius 1 is 1.33 bits per heavy atom. The molecule has 12 heavy (non-hydrogen) atoms. The summed E-state index contributed by atoms with van der Waals surface area (Å²) >= 11 is 3.35. The van der Waals surface area contributed by atoms with Crippen molar-refractivity contribution in [3.05, 3.63) is 23.8 Å². The van der Waals surface area contributed by atoms with Gasteiger partial charge in [0.1, 0.15) is 5.75 Å². The monoisotopic (exact) mass is 229 g/mol. The molecule has 1 N–H and O–H groups in total. The van der Waals surface area contributed by atoms with Gasteiger partial charge >= 0.3 is 0 Å². The second-order valence-corrected chi connectivity index (χ2v) is 3.45. The average molecular weight is 230 g/mol. The number of alkyl halides is 1. The number of rotatable bonds is 2. The molecule has 0 amide bonds. The molecule has 1 aromatic carbocycles. The second-order valence-electron chi connectivity index (χ2n) is 2.89. The van der Waals surface area contributed by atoms with E-state index in [2.05, 4.69) is 15.9 Å². The number of halogens is 1. The minimum atomic E-state index is 0.315. The van der Waals surface area contributed by atoms with Crippen molar-refractivity contribution in [2.75, 3.05) is 19.0 Å². The topological polar surface area (TPSA) is 23.5 Å². The molecule has 0 fully saturated rings. The molecule has 0 aliphatic rings. The van der Waals surface area contributed by atoms with E-state index in [1.807, 2.05) is 25.1 Å². The molecule has 0 aliphatic heterocycles. The molecular weight excluding hydrogens is 218 g/mol. The van der Waals surface area contributed by atoms with Crippen LogP contribution in [0.15, 0.2) is 18.2 Å². The first-order valence-corrected chi connectivity index (χ1v) is 4.82. The van der Waals surface area contributed by atoms with Crippen molar-refractivity contribution >= 4 is 21.6 Å². The van der Waals surface area contributed by atoms with Crippen molar-refractivity contribution in [2.45, 2.75) is 5.33 Å². The van der Waals surface area contributed by atoms with E-state index in [4.69, 9.17) is 0 Å². The van der Waals surface area contributed by atoms with Gasteiger partial charge in [-0.05, 0) is 17.7 Å². The summed E-state index contributed by atoms with van der Waals surface area (Å²) < 4.78 is 0. The Bertz CT molecular complexity index is 273. The maximum absolute atomic E-state index is 9.33. The van der Waals surface area contributed by atoms with Crippen LogP contribution >= 0.6 is 15.9 Å². The smallest absolute Gasteiger partial charge is 0.117 e. The number of benzene rings is 1. The number of aromatic hydroxyl groups is 1. The molecule has 0 aromatic heterocycles. The SMILES string of the molecule is CN(C)c1cc(O)cc(CBr)c1. The lowest BCUT2D eigenvalue weighted by molar-refractivity contribution is 0.475. The van der Waals surface area contributed by atoms with Crippen LogP contribution in [-0.4, -0.2) is 19.2 Å². The molecule has 66 valence electrons. The molecule has 0 saturated heterocycles. The molecule has 0 spiro atoms. The van der Waals surface area contributed by atoms with Gasteiger partial charge in [-0.15, -0.1) is 0 Å². The maximum Gasteiger partial charge on any atom is 0.117 e. The molecule has 3 heteroatoms. The van der Waals surface area contributed by atoms with E-state index in [1.54, 1.807) is 12.1 Å². The lowest BCUT2D eigenvalue weighted by atomic mass is 10.2. The van der Waals surface area contributed by atoms with E-state index >= 15 is 0 Å². The lowest BCUT2D eigenvalue weighted by Crippen LogP contribution is -2.08. The third-order valence-electron chi connectivity index (χ3n) is 1.63. The number of hydrogen-bond acceptors (Lipinski definition) is 2. The summed E-state index contributed by atoms with van der Waals surface area (Å²) in [6.07, 6.45) is 0. The first kappa shape index (κ1) is 9.39. The zero-order valence-electron chi connectivity index (χ0n) is 7.21. The van der Waals surface area contributed by atoms with Gasteiger partial charge in [0.2, 0.25) is 0 Å². The number of hydrogen-bond donors (Lipinski definition) is 1. The molecule has 0 heterocycles. The second kappa shape index (κ2) is 3.81. The van der Waals surface area contributed by atoms with Gasteiger partial charge in [-0.2, -0.15) is 0 Å². The summed E-state index contributed by atoms with van der Waals surface area (Å²) in [5, 5.41) is 10.1. The molecule has 2 nitrogen and oxygen atoms in total. The van der Waals surface area contributed by atoms with Crippen molar-refractivity contribution in [3.8, 4) is 5.75 Å². The quantitative estimate of drug-likeness (QED) is 0.788. The van der Waals surface area contributed by atoms with Crippen LogP contribution < -0.4 is 4.90 Å². The van der Waals surface area contributed by atoms with Crippen LogP contribution in [0.3, 0.4) is 0 Å². The molecular formula is C9H12BrNO. The van der Waals surface area contributed by atoms with Crippen molar-refractivity contribution in [1.82, 2.24) is 0 Å². The van der Waals surface area contributed by atoms with E-state index in [1.165, 1.54) is 0 Å². The fourth-order valence-corrected chi connectivity index (χ4v) is 1.32. The summed E-state index contributed by atoms with van der Waals surface area (Å²) in [6, 6.07) is 5.53. The summed E-state index contributed by atoms with van der Waals surface area (Å²) in [5.74, 6) is 0.315. The van der Waals surface area contributed by atoms with Crippen molar-refractivity contribution < 1.29 is 5.11 Å². The first-order valence-electron chi connectivity index (χ1n) is 3.69. The fraction of sp³-hybridized carbons (Fsp3) is 0.333. The van der Waals surface area contributed by atoms with Crippen molar-refractivity contribution in [2.24, 2.45) is 0 Å². The molecule has 0 bridgehead atoms. The van der Waals surface area contributed by atoms with Crippen LogP contribution in [-0.2, 0) is 5.33 Å². The van der Waals surface area contributed by atoms with E-state index < -0.39 is 0 Å². The third-order valence-corrected chi connectivity index (χ3v) is 2.28. The summed E-state index contributed by atoms with van der Waals surface area (Å²) in [6.45, 7) is 0. The van der Waals surface area contributed by atoms with Gasteiger partial charge in [-0.25, -0.2) is 0 Å². The summed E-state index contributed by atoms with van der Waals surface area (Å²) in [5.41, 5.74) is 2.10. The average Bonchev–Trinajstić information content (AvgIpc) is 2.03. The molecule has 1 rings (SSSR count). The third kappa shape index (κ3) is 2.14. The van der Waals surface area contributed by atoms with Gasteiger partial charge in [0.15, 0.2) is 0 Å². The predicted molar refractivity (Wildman–Crippen MR) is 55.1 cm³/mol. The predicted octanol–water partition coefficient (Wildman–Crippen LogP) is 2.35. The fourth-order valence-electron chi connectivity index (χ4n) is 0.992. The molecule has 0 radical (unpaired) electrons. The van der Waals surface area contributed by atoms with Crippen LogP contribution in [0.4, 0.5) is 5.69 Å². The first-order chi connectivity index (χ1) is 5.63. The van der Waals surface area contributed by atoms with Gasteiger partial charge in [0.05, 0.1) is 0 Å². The zero-order valence-corrected chi connectivity index (χ0v) is 8.80. The highest BCUT2D eigenvalue weighted by atomic mass is 79.9. The normalized spacial score (nSPS) is 9.92. The molecule has 0 unspecified atom stereocenters. The van der Waals surface area contributed by atoms with Gasteiger partial charge in [-0.1, -0.05) is 15.9 Å². The van der Waals surface area contributed by atoms with Gasteiger partial charge in [0.25, 0.3) is 0 Å². The standard InChI is InChI=1S/C9H12BrNO/c1-11(2)8-3-7(6-10)4-9(12)5-8/h3-5,12H,6H2,1-2H3. The highest BCUT2D eigenvalue weighted by molar-refractivity contribution is 9.08. The largest absolute Gasteiger partial charge is 0.508 e. The number of nitrogens with zero attached hydrogens (tertiary/aromatic N) is 1. The Balaban J connectivity index is 3.06. The minimum Gasteiger partial charge on any atom is -0.508 e. The Hall–Kier alpha value is -0.700. The summed E-state index contributed by atoms with van der Waals surface area (Å²) in [4.78, 5) is 1.96. The van der Waals surface area contributed by atoms with E-state index in [9.17, 15) is 5.11 Å². The van der Waals surface area contributed by atoms with E-state index in [0.717, 1.165) is 16.6 Å². The molecule has 0 saturated carbocycles. The Morgan fingerprint density at radius 3 is 2.50 bits per heavy atom. The van der Waals surface area contributed by atoms with E-state index in [-0.39, 0.29) is 0 Å². The van der Waals surface area contributed by atoms with Crippen molar-refractivity contribution in [1.29, 1.82) is 0 Å². The molecule has 0 atom stereocenters. The summed E-state index contributed by atoms with van der Waals surface area (Å²) in [7, 11) is 3.90. The number of anilines is 1. The van der Waals surface area contributed by atoms with Crippen LogP contribution in [0.25, 0.3) is 0 Å². The lowest BCUT2D eigenvalue weighted by Gasteiger charge is -2.13. The number of phenolic OH excluding ortho intramolecular Hbond substituents is 1. The number of phenols is 1. The minimum absolute atomic E-state index is 0.315. The van der Waals surface area contributed by atoms with Crippen LogP contribution in [0.5, 0.6) is 5.75 Å². The van der Waals surface area contributed by atoms with Gasteiger partial charge < -0.3 is 10.0 Å². The highest BCUT2D eigenvalue weighted by Crippen LogP contribution is 2.22.